The second-order valence-corrected chi connectivity index (χ2v) is 5.62. The molecule has 0 atom stereocenters. The Balaban J connectivity index is 1.96. The van der Waals surface area contributed by atoms with Crippen LogP contribution < -0.4 is 5.43 Å². The van der Waals surface area contributed by atoms with Gasteiger partial charge in [-0.3, -0.25) is 14.9 Å². The Hall–Kier alpha value is -2.54. The molecule has 6 nitrogen and oxygen atoms in total. The maximum Gasteiger partial charge on any atom is 0.273 e. The van der Waals surface area contributed by atoms with Crippen LogP contribution in [0.3, 0.4) is 0 Å². The summed E-state index contributed by atoms with van der Waals surface area (Å²) in [5, 5.41) is 14.7. The lowest BCUT2D eigenvalue weighted by Crippen LogP contribution is -2.20. The molecule has 0 saturated carbocycles. The maximum atomic E-state index is 11.7. The fourth-order valence-electron chi connectivity index (χ4n) is 1.74. The van der Waals surface area contributed by atoms with Gasteiger partial charge in [0.25, 0.3) is 5.69 Å². The van der Waals surface area contributed by atoms with E-state index >= 15 is 0 Å². The van der Waals surface area contributed by atoms with Crippen molar-refractivity contribution in [3.05, 3.63) is 61.8 Å². The van der Waals surface area contributed by atoms with Gasteiger partial charge in [0.15, 0.2) is 0 Å². The molecule has 1 heterocycles. The van der Waals surface area contributed by atoms with Gasteiger partial charge >= 0.3 is 0 Å². The highest BCUT2D eigenvalue weighted by Crippen LogP contribution is 2.18. The maximum absolute atomic E-state index is 11.7. The Kier molecular flexibility index (Phi) is 4.78. The Labute approximate surface area is 125 Å². The number of rotatable bonds is 5. The first-order valence-electron chi connectivity index (χ1n) is 6.17. The second kappa shape index (κ2) is 6.76. The van der Waals surface area contributed by atoms with Gasteiger partial charge in [0.05, 0.1) is 17.6 Å². The van der Waals surface area contributed by atoms with Crippen LogP contribution >= 0.6 is 11.3 Å². The van der Waals surface area contributed by atoms with E-state index in [0.29, 0.717) is 5.56 Å². The second-order valence-electron chi connectivity index (χ2n) is 4.30. The van der Waals surface area contributed by atoms with Crippen molar-refractivity contribution in [2.75, 3.05) is 0 Å². The van der Waals surface area contributed by atoms with Crippen molar-refractivity contribution < 1.29 is 9.72 Å². The van der Waals surface area contributed by atoms with Gasteiger partial charge in [-0.25, -0.2) is 5.43 Å². The molecule has 0 aliphatic rings. The standard InChI is InChI=1S/C14H13N3O3S/c1-10-6-7-12(21-10)9-15-16-14(18)8-11-4-2-3-5-13(11)17(19)20/h2-7,9H,8H2,1H3,(H,16,18)/b15-9+. The monoisotopic (exact) mass is 303 g/mol. The first kappa shape index (κ1) is 14.9. The van der Waals surface area contributed by atoms with Crippen molar-refractivity contribution in [1.82, 2.24) is 5.43 Å². The minimum atomic E-state index is -0.500. The zero-order chi connectivity index (χ0) is 15.2. The number of aryl methyl sites for hydroxylation is 1. The quantitative estimate of drug-likeness (QED) is 0.523. The van der Waals surface area contributed by atoms with E-state index in [2.05, 4.69) is 10.5 Å². The molecule has 1 N–H and O–H groups in total. The zero-order valence-electron chi connectivity index (χ0n) is 11.3. The molecule has 2 aromatic rings. The van der Waals surface area contributed by atoms with Crippen LogP contribution in [0.1, 0.15) is 15.3 Å². The Morgan fingerprint density at radius 3 is 2.81 bits per heavy atom. The van der Waals surface area contributed by atoms with E-state index in [1.807, 2.05) is 19.1 Å². The van der Waals surface area contributed by atoms with Gasteiger partial charge in [0, 0.05) is 21.4 Å². The lowest BCUT2D eigenvalue weighted by molar-refractivity contribution is -0.385. The summed E-state index contributed by atoms with van der Waals surface area (Å²) in [6, 6.07) is 10.0. The van der Waals surface area contributed by atoms with Crippen molar-refractivity contribution in [2.45, 2.75) is 13.3 Å². The summed E-state index contributed by atoms with van der Waals surface area (Å²) >= 11 is 1.56. The molecule has 0 radical (unpaired) electrons. The summed E-state index contributed by atoms with van der Waals surface area (Å²) < 4.78 is 0. The summed E-state index contributed by atoms with van der Waals surface area (Å²) in [5.41, 5.74) is 2.67. The normalized spacial score (nSPS) is 10.7. The smallest absolute Gasteiger partial charge is 0.273 e. The molecule has 7 heteroatoms. The number of para-hydroxylation sites is 1. The molecule has 2 rings (SSSR count). The topological polar surface area (TPSA) is 84.6 Å². The number of thiophene rings is 1. The van der Waals surface area contributed by atoms with Gasteiger partial charge in [-0.15, -0.1) is 11.3 Å². The van der Waals surface area contributed by atoms with Crippen LogP contribution in [0.15, 0.2) is 41.5 Å². The Bertz CT molecular complexity index is 694. The molecular weight excluding hydrogens is 290 g/mol. The highest BCUT2D eigenvalue weighted by molar-refractivity contribution is 7.13. The van der Waals surface area contributed by atoms with E-state index in [-0.39, 0.29) is 12.1 Å². The van der Waals surface area contributed by atoms with Crippen LogP contribution in [-0.2, 0) is 11.2 Å². The summed E-state index contributed by atoms with van der Waals surface area (Å²) in [6.07, 6.45) is 1.47. The first-order valence-corrected chi connectivity index (χ1v) is 6.98. The summed E-state index contributed by atoms with van der Waals surface area (Å²) in [7, 11) is 0. The molecule has 1 amide bonds. The molecular formula is C14H13N3O3S. The zero-order valence-corrected chi connectivity index (χ0v) is 12.1. The lowest BCUT2D eigenvalue weighted by Gasteiger charge is -2.01. The highest BCUT2D eigenvalue weighted by atomic mass is 32.1. The number of carbonyl (C=O) groups excluding carboxylic acids is 1. The number of nitrogens with one attached hydrogen (secondary N) is 1. The number of carbonyl (C=O) groups is 1. The number of nitrogens with zero attached hydrogens (tertiary/aromatic N) is 2. The van der Waals surface area contributed by atoms with Crippen LogP contribution in [0.2, 0.25) is 0 Å². The third kappa shape index (κ3) is 4.22. The third-order valence-electron chi connectivity index (χ3n) is 2.68. The van der Waals surface area contributed by atoms with Crippen molar-refractivity contribution in [3.8, 4) is 0 Å². The predicted octanol–water partition coefficient (Wildman–Crippen LogP) is 2.66. The fraction of sp³-hybridized carbons (Fsp3) is 0.143. The van der Waals surface area contributed by atoms with E-state index in [1.54, 1.807) is 35.8 Å². The molecule has 108 valence electrons. The number of hydrazone groups is 1. The molecule has 0 aliphatic carbocycles. The van der Waals surface area contributed by atoms with E-state index in [9.17, 15) is 14.9 Å². The van der Waals surface area contributed by atoms with Gasteiger partial charge in [-0.1, -0.05) is 18.2 Å². The summed E-state index contributed by atoms with van der Waals surface area (Å²) in [4.78, 5) is 24.2. The summed E-state index contributed by atoms with van der Waals surface area (Å²) in [5.74, 6) is -0.395. The minimum absolute atomic E-state index is 0.0643. The van der Waals surface area contributed by atoms with Crippen LogP contribution in [0.4, 0.5) is 5.69 Å². The predicted molar refractivity (Wildman–Crippen MR) is 81.6 cm³/mol. The molecule has 0 bridgehead atoms. The molecule has 0 spiro atoms. The van der Waals surface area contributed by atoms with Crippen LogP contribution in [0, 0.1) is 17.0 Å². The number of hydrogen-bond acceptors (Lipinski definition) is 5. The molecule has 0 saturated heterocycles. The van der Waals surface area contributed by atoms with E-state index in [0.717, 1.165) is 9.75 Å². The molecule has 0 fully saturated rings. The van der Waals surface area contributed by atoms with Crippen LogP contribution in [0.25, 0.3) is 0 Å². The first-order chi connectivity index (χ1) is 10.1. The van der Waals surface area contributed by atoms with Crippen molar-refractivity contribution in [2.24, 2.45) is 5.10 Å². The van der Waals surface area contributed by atoms with Crippen molar-refractivity contribution in [3.63, 3.8) is 0 Å². The van der Waals surface area contributed by atoms with Crippen LogP contribution in [-0.4, -0.2) is 17.0 Å². The number of nitro groups is 1. The summed E-state index contributed by atoms with van der Waals surface area (Å²) in [6.45, 7) is 1.98. The van der Waals surface area contributed by atoms with Crippen molar-refractivity contribution >= 4 is 29.1 Å². The average molecular weight is 303 g/mol. The fourth-order valence-corrected chi connectivity index (χ4v) is 2.49. The Morgan fingerprint density at radius 2 is 2.14 bits per heavy atom. The molecule has 1 aromatic heterocycles. The number of hydrogen-bond donors (Lipinski definition) is 1. The van der Waals surface area contributed by atoms with Gasteiger partial charge in [0.1, 0.15) is 0 Å². The van der Waals surface area contributed by atoms with Crippen molar-refractivity contribution in [1.29, 1.82) is 0 Å². The number of amides is 1. The lowest BCUT2D eigenvalue weighted by atomic mass is 10.1. The van der Waals surface area contributed by atoms with Gasteiger partial charge in [-0.05, 0) is 19.1 Å². The number of benzene rings is 1. The Morgan fingerprint density at radius 1 is 1.38 bits per heavy atom. The van der Waals surface area contributed by atoms with E-state index in [4.69, 9.17) is 0 Å². The highest BCUT2D eigenvalue weighted by Gasteiger charge is 2.14. The SMILES string of the molecule is Cc1ccc(/C=N/NC(=O)Cc2ccccc2[N+](=O)[O-])s1. The molecule has 21 heavy (non-hydrogen) atoms. The minimum Gasteiger partial charge on any atom is -0.273 e. The van der Waals surface area contributed by atoms with Gasteiger partial charge in [-0.2, -0.15) is 5.10 Å². The molecule has 0 unspecified atom stereocenters. The van der Waals surface area contributed by atoms with Crippen LogP contribution in [0.5, 0.6) is 0 Å². The van der Waals surface area contributed by atoms with Gasteiger partial charge in [0.2, 0.25) is 5.91 Å². The van der Waals surface area contributed by atoms with E-state index in [1.165, 1.54) is 6.07 Å². The number of nitro benzene ring substituents is 1. The largest absolute Gasteiger partial charge is 0.273 e. The van der Waals surface area contributed by atoms with E-state index < -0.39 is 10.8 Å². The average Bonchev–Trinajstić information content (AvgIpc) is 2.85. The third-order valence-corrected chi connectivity index (χ3v) is 3.62. The molecule has 1 aromatic carbocycles. The molecule has 0 aliphatic heterocycles. The van der Waals surface area contributed by atoms with Gasteiger partial charge < -0.3 is 0 Å².